The van der Waals surface area contributed by atoms with Gasteiger partial charge in [0.15, 0.2) is 0 Å². The van der Waals surface area contributed by atoms with E-state index in [0.717, 1.165) is 16.8 Å². The van der Waals surface area contributed by atoms with E-state index in [9.17, 15) is 4.39 Å². The first kappa shape index (κ1) is 14.0. The van der Waals surface area contributed by atoms with Crippen LogP contribution in [0.25, 0.3) is 0 Å². The number of aromatic nitrogens is 1. The van der Waals surface area contributed by atoms with Gasteiger partial charge in [-0.1, -0.05) is 12.2 Å². The Kier molecular flexibility index (Phi) is 4.57. The minimum Gasteiger partial charge on any atom is -0.389 e. The molecule has 0 fully saturated rings. The molecule has 19 heavy (non-hydrogen) atoms. The summed E-state index contributed by atoms with van der Waals surface area (Å²) in [6, 6.07) is 4.48. The minimum absolute atomic E-state index is 0.281. The Bertz CT molecular complexity index is 569. The summed E-state index contributed by atoms with van der Waals surface area (Å²) < 4.78 is 13.3. The van der Waals surface area contributed by atoms with Gasteiger partial charge in [-0.25, -0.2) is 9.37 Å². The van der Waals surface area contributed by atoms with E-state index in [0.29, 0.717) is 13.1 Å². The summed E-state index contributed by atoms with van der Waals surface area (Å²) >= 11 is 6.55. The lowest BCUT2D eigenvalue weighted by molar-refractivity contribution is 0.315. The zero-order valence-corrected chi connectivity index (χ0v) is 12.1. The Morgan fingerprint density at radius 3 is 2.89 bits per heavy atom. The van der Waals surface area contributed by atoms with E-state index in [2.05, 4.69) is 4.98 Å². The Hall–Kier alpha value is -1.37. The number of hydrogen-bond donors (Lipinski definition) is 1. The van der Waals surface area contributed by atoms with Gasteiger partial charge in [-0.05, 0) is 30.8 Å². The van der Waals surface area contributed by atoms with Crippen LogP contribution in [0.4, 0.5) is 4.39 Å². The van der Waals surface area contributed by atoms with Crippen molar-refractivity contribution in [3.05, 3.63) is 51.7 Å². The highest BCUT2D eigenvalue weighted by atomic mass is 32.1. The lowest BCUT2D eigenvalue weighted by Gasteiger charge is -2.17. The summed E-state index contributed by atoms with van der Waals surface area (Å²) in [5.41, 5.74) is 9.97. The van der Waals surface area contributed by atoms with Crippen LogP contribution in [0.15, 0.2) is 29.1 Å². The second-order valence-corrected chi connectivity index (χ2v) is 5.48. The van der Waals surface area contributed by atoms with Gasteiger partial charge in [0, 0.05) is 24.0 Å². The number of nitrogens with zero attached hydrogens (tertiary/aromatic N) is 2. The fourth-order valence-electron chi connectivity index (χ4n) is 1.87. The van der Waals surface area contributed by atoms with Crippen molar-refractivity contribution < 1.29 is 4.39 Å². The van der Waals surface area contributed by atoms with Gasteiger partial charge in [0.1, 0.15) is 10.8 Å². The maximum absolute atomic E-state index is 13.3. The largest absolute Gasteiger partial charge is 0.389 e. The van der Waals surface area contributed by atoms with Crippen molar-refractivity contribution in [2.24, 2.45) is 5.73 Å². The first-order chi connectivity index (χ1) is 9.06. The van der Waals surface area contributed by atoms with Crippen LogP contribution < -0.4 is 5.73 Å². The molecular formula is C13H14FN3S2. The number of benzene rings is 1. The summed E-state index contributed by atoms with van der Waals surface area (Å²) in [7, 11) is 1.95. The van der Waals surface area contributed by atoms with E-state index >= 15 is 0 Å². The van der Waals surface area contributed by atoms with E-state index < -0.39 is 0 Å². The van der Waals surface area contributed by atoms with E-state index in [1.165, 1.54) is 12.1 Å². The first-order valence-electron chi connectivity index (χ1n) is 5.70. The Morgan fingerprint density at radius 2 is 2.26 bits per heavy atom. The predicted molar refractivity (Wildman–Crippen MR) is 79.6 cm³/mol. The third kappa shape index (κ3) is 3.79. The zero-order chi connectivity index (χ0) is 13.8. The molecule has 1 aromatic heterocycles. The lowest BCUT2D eigenvalue weighted by Crippen LogP contribution is -2.21. The highest BCUT2D eigenvalue weighted by Gasteiger charge is 2.10. The molecule has 0 aliphatic carbocycles. The summed E-state index contributed by atoms with van der Waals surface area (Å²) in [5.74, 6) is -0.281. The molecule has 2 aromatic rings. The maximum Gasteiger partial charge on any atom is 0.123 e. The minimum atomic E-state index is -0.281. The number of nitrogens with two attached hydrogens (primary N) is 1. The van der Waals surface area contributed by atoms with Gasteiger partial charge in [0.25, 0.3) is 0 Å². The summed E-state index contributed by atoms with van der Waals surface area (Å²) in [4.78, 5) is 6.56. The van der Waals surface area contributed by atoms with Gasteiger partial charge in [-0.2, -0.15) is 0 Å². The highest BCUT2D eigenvalue weighted by Crippen LogP contribution is 2.15. The van der Waals surface area contributed by atoms with Crippen molar-refractivity contribution in [1.82, 2.24) is 9.88 Å². The third-order valence-electron chi connectivity index (χ3n) is 2.69. The predicted octanol–water partition coefficient (Wildman–Crippen LogP) is 2.55. The van der Waals surface area contributed by atoms with Crippen molar-refractivity contribution in [1.29, 1.82) is 0 Å². The SMILES string of the molecule is CN(Cc1cscn1)Cc1cc(F)ccc1C(N)=S. The van der Waals surface area contributed by atoms with Gasteiger partial charge >= 0.3 is 0 Å². The van der Waals surface area contributed by atoms with Crippen LogP contribution in [0, 0.1) is 5.82 Å². The average Bonchev–Trinajstić information content (AvgIpc) is 2.81. The maximum atomic E-state index is 13.3. The lowest BCUT2D eigenvalue weighted by atomic mass is 10.1. The molecule has 0 aliphatic rings. The Labute approximate surface area is 120 Å². The molecule has 0 saturated heterocycles. The molecule has 0 radical (unpaired) electrons. The Morgan fingerprint density at radius 1 is 1.47 bits per heavy atom. The van der Waals surface area contributed by atoms with E-state index in [-0.39, 0.29) is 10.8 Å². The topological polar surface area (TPSA) is 42.2 Å². The van der Waals surface area contributed by atoms with Crippen molar-refractivity contribution in [3.63, 3.8) is 0 Å². The van der Waals surface area contributed by atoms with Crippen LogP contribution in [0.2, 0.25) is 0 Å². The third-order valence-corrected chi connectivity index (χ3v) is 3.54. The van der Waals surface area contributed by atoms with Gasteiger partial charge < -0.3 is 5.73 Å². The van der Waals surface area contributed by atoms with Crippen LogP contribution in [0.5, 0.6) is 0 Å². The van der Waals surface area contributed by atoms with Crippen LogP contribution >= 0.6 is 23.6 Å². The number of thiazole rings is 1. The monoisotopic (exact) mass is 295 g/mol. The number of rotatable bonds is 5. The van der Waals surface area contributed by atoms with Crippen molar-refractivity contribution in [2.75, 3.05) is 7.05 Å². The number of halogens is 1. The molecule has 2 rings (SSSR count). The molecule has 100 valence electrons. The molecule has 0 bridgehead atoms. The highest BCUT2D eigenvalue weighted by molar-refractivity contribution is 7.80. The normalized spacial score (nSPS) is 10.9. The molecule has 0 spiro atoms. The number of hydrogen-bond acceptors (Lipinski definition) is 4. The van der Waals surface area contributed by atoms with Gasteiger partial charge in [0.2, 0.25) is 0 Å². The second-order valence-electron chi connectivity index (χ2n) is 4.32. The van der Waals surface area contributed by atoms with E-state index in [1.807, 2.05) is 17.3 Å². The molecule has 1 aromatic carbocycles. The standard InChI is InChI=1S/C13H14FN3S2/c1-17(6-11-7-19-8-16-11)5-9-4-10(14)2-3-12(9)13(15)18/h2-4,7-8H,5-6H2,1H3,(H2,15,18). The quantitative estimate of drug-likeness (QED) is 0.861. The van der Waals surface area contributed by atoms with Crippen LogP contribution in [0.1, 0.15) is 16.8 Å². The molecule has 0 aliphatic heterocycles. The fourth-order valence-corrected chi connectivity index (χ4v) is 2.62. The van der Waals surface area contributed by atoms with Crippen molar-refractivity contribution in [3.8, 4) is 0 Å². The molecule has 0 amide bonds. The van der Waals surface area contributed by atoms with Crippen LogP contribution in [-0.2, 0) is 13.1 Å². The van der Waals surface area contributed by atoms with E-state index in [1.54, 1.807) is 22.9 Å². The molecule has 1 heterocycles. The first-order valence-corrected chi connectivity index (χ1v) is 7.05. The van der Waals surface area contributed by atoms with Gasteiger partial charge in [0.05, 0.1) is 11.2 Å². The molecule has 0 unspecified atom stereocenters. The molecule has 2 N–H and O–H groups in total. The van der Waals surface area contributed by atoms with Crippen LogP contribution in [-0.4, -0.2) is 21.9 Å². The van der Waals surface area contributed by atoms with Gasteiger partial charge in [-0.3, -0.25) is 4.90 Å². The smallest absolute Gasteiger partial charge is 0.123 e. The van der Waals surface area contributed by atoms with Gasteiger partial charge in [-0.15, -0.1) is 11.3 Å². The summed E-state index contributed by atoms with van der Waals surface area (Å²) in [6.07, 6.45) is 0. The van der Waals surface area contributed by atoms with Crippen molar-refractivity contribution in [2.45, 2.75) is 13.1 Å². The molecular weight excluding hydrogens is 281 g/mol. The Balaban J connectivity index is 2.13. The second kappa shape index (κ2) is 6.18. The number of thiocarbonyl (C=S) groups is 1. The van der Waals surface area contributed by atoms with Crippen molar-refractivity contribution >= 4 is 28.5 Å². The molecule has 6 heteroatoms. The van der Waals surface area contributed by atoms with E-state index in [4.69, 9.17) is 18.0 Å². The summed E-state index contributed by atoms with van der Waals surface area (Å²) in [6.45, 7) is 1.28. The molecule has 0 saturated carbocycles. The zero-order valence-electron chi connectivity index (χ0n) is 10.5. The molecule has 0 atom stereocenters. The average molecular weight is 295 g/mol. The van der Waals surface area contributed by atoms with Crippen LogP contribution in [0.3, 0.4) is 0 Å². The molecule has 3 nitrogen and oxygen atoms in total. The summed E-state index contributed by atoms with van der Waals surface area (Å²) in [5, 5.41) is 2.00. The fraction of sp³-hybridized carbons (Fsp3) is 0.231.